The fraction of sp³-hybridized carbons (Fsp3) is 0.143. The summed E-state index contributed by atoms with van der Waals surface area (Å²) in [4.78, 5) is 2.92. The number of rotatable bonds is 0. The second-order valence-corrected chi connectivity index (χ2v) is 1.95. The molecular weight excluding hydrogens is 98.1 g/mol. The lowest BCUT2D eigenvalue weighted by molar-refractivity contribution is 1.28. The molecule has 1 heteroatoms. The van der Waals surface area contributed by atoms with Crippen LogP contribution >= 0.6 is 0 Å². The third-order valence-corrected chi connectivity index (χ3v) is 1.42. The number of nitrogens with one attached hydrogen (secondary N) is 1. The molecule has 0 unspecified atom stereocenters. The lowest BCUT2D eigenvalue weighted by Crippen LogP contribution is -1.69. The molecule has 1 aromatic rings. The number of hydrogen-bond donors (Lipinski definition) is 1. The summed E-state index contributed by atoms with van der Waals surface area (Å²) in [6.45, 7) is 0. The van der Waals surface area contributed by atoms with E-state index < -0.39 is 0 Å². The highest BCUT2D eigenvalue weighted by molar-refractivity contribution is 5.58. The summed E-state index contributed by atoms with van der Waals surface area (Å²) in [7, 11) is 0. The van der Waals surface area contributed by atoms with Gasteiger partial charge in [-0.25, -0.2) is 0 Å². The zero-order valence-corrected chi connectivity index (χ0v) is 4.44. The molecule has 1 aromatic heterocycles. The van der Waals surface area contributed by atoms with Gasteiger partial charge in [-0.15, -0.1) is 0 Å². The molecule has 0 saturated heterocycles. The predicted molar refractivity (Wildman–Crippen MR) is 32.4 cm³/mol. The molecule has 1 nitrogen and oxygen atoms in total. The molecule has 1 heterocycles. The lowest BCUT2D eigenvalue weighted by atomic mass is 10.2. The van der Waals surface area contributed by atoms with Crippen LogP contribution in [-0.2, 0) is 6.42 Å². The fourth-order valence-corrected chi connectivity index (χ4v) is 0.982. The van der Waals surface area contributed by atoms with E-state index in [0.29, 0.717) is 0 Å². The van der Waals surface area contributed by atoms with Crippen LogP contribution in [0.3, 0.4) is 0 Å². The summed E-state index contributed by atoms with van der Waals surface area (Å²) < 4.78 is 0. The van der Waals surface area contributed by atoms with Crippen molar-refractivity contribution >= 4 is 6.08 Å². The summed E-state index contributed by atoms with van der Waals surface area (Å²) in [6, 6.07) is 0. The quantitative estimate of drug-likeness (QED) is 0.512. The zero-order valence-electron chi connectivity index (χ0n) is 4.44. The second-order valence-electron chi connectivity index (χ2n) is 1.95. The highest BCUT2D eigenvalue weighted by Gasteiger charge is 2.03. The highest BCUT2D eigenvalue weighted by Crippen LogP contribution is 2.16. The van der Waals surface area contributed by atoms with E-state index in [1.165, 1.54) is 11.1 Å². The van der Waals surface area contributed by atoms with Crippen molar-refractivity contribution in [3.63, 3.8) is 0 Å². The Bertz CT molecular complexity index is 220. The van der Waals surface area contributed by atoms with Gasteiger partial charge in [0.15, 0.2) is 0 Å². The van der Waals surface area contributed by atoms with Gasteiger partial charge in [-0.05, 0) is 17.5 Å². The predicted octanol–water partition coefficient (Wildman–Crippen LogP) is 1.38. The minimum absolute atomic E-state index is 1.05. The molecule has 1 aliphatic carbocycles. The normalized spacial score (nSPS) is 14.5. The van der Waals surface area contributed by atoms with E-state index in [0.717, 1.165) is 6.42 Å². The number of allylic oxidation sites excluding steroid dienone is 1. The molecule has 0 aliphatic heterocycles. The van der Waals surface area contributed by atoms with Crippen LogP contribution in [0, 0.1) is 6.20 Å². The van der Waals surface area contributed by atoms with Crippen LogP contribution in [0.25, 0.3) is 6.08 Å². The minimum atomic E-state index is 1.05. The Hall–Kier alpha value is -0.980. The van der Waals surface area contributed by atoms with Crippen LogP contribution in [0.1, 0.15) is 11.1 Å². The Balaban J connectivity index is 2.67. The van der Waals surface area contributed by atoms with Crippen molar-refractivity contribution in [2.24, 2.45) is 0 Å². The van der Waals surface area contributed by atoms with Gasteiger partial charge in [-0.1, -0.05) is 12.2 Å². The van der Waals surface area contributed by atoms with Gasteiger partial charge >= 0.3 is 0 Å². The molecule has 39 valence electrons. The third kappa shape index (κ3) is 0.360. The van der Waals surface area contributed by atoms with Crippen LogP contribution in [0.5, 0.6) is 0 Å². The van der Waals surface area contributed by atoms with Crippen LogP contribution in [-0.4, -0.2) is 4.98 Å². The Morgan fingerprint density at radius 3 is 3.50 bits per heavy atom. The number of fused-ring (bicyclic) bond motifs is 1. The molecule has 0 aromatic carbocycles. The first-order valence-corrected chi connectivity index (χ1v) is 2.71. The lowest BCUT2D eigenvalue weighted by Gasteiger charge is -1.78. The number of aromatic nitrogens is 1. The van der Waals surface area contributed by atoms with Gasteiger partial charge in [-0.3, -0.25) is 0 Å². The summed E-state index contributed by atoms with van der Waals surface area (Å²) in [6.07, 6.45) is 10.3. The van der Waals surface area contributed by atoms with Crippen LogP contribution < -0.4 is 0 Å². The molecule has 0 spiro atoms. The van der Waals surface area contributed by atoms with E-state index in [4.69, 9.17) is 0 Å². The van der Waals surface area contributed by atoms with Crippen LogP contribution in [0.15, 0.2) is 12.3 Å². The van der Waals surface area contributed by atoms with E-state index in [-0.39, 0.29) is 0 Å². The molecule has 1 aliphatic rings. The molecule has 0 bridgehead atoms. The van der Waals surface area contributed by atoms with Crippen molar-refractivity contribution in [3.8, 4) is 0 Å². The molecule has 8 heavy (non-hydrogen) atoms. The van der Waals surface area contributed by atoms with Gasteiger partial charge in [0.25, 0.3) is 0 Å². The van der Waals surface area contributed by atoms with Crippen molar-refractivity contribution < 1.29 is 0 Å². The molecule has 0 amide bonds. The summed E-state index contributed by atoms with van der Waals surface area (Å²) in [5.41, 5.74) is 2.59. The number of aromatic amines is 1. The molecule has 1 N–H and O–H groups in total. The van der Waals surface area contributed by atoms with E-state index in [9.17, 15) is 0 Å². The number of hydrogen-bond acceptors (Lipinski definition) is 0. The number of H-pyrrole nitrogens is 1. The van der Waals surface area contributed by atoms with Gasteiger partial charge in [0.2, 0.25) is 0 Å². The average molecular weight is 104 g/mol. The summed E-state index contributed by atoms with van der Waals surface area (Å²) >= 11 is 0. The molecule has 0 fully saturated rings. The van der Waals surface area contributed by atoms with Crippen molar-refractivity contribution in [2.75, 3.05) is 0 Å². The molecule has 1 radical (unpaired) electrons. The van der Waals surface area contributed by atoms with Gasteiger partial charge in [0.1, 0.15) is 0 Å². The first-order chi connectivity index (χ1) is 3.97. The van der Waals surface area contributed by atoms with E-state index in [1.807, 2.05) is 6.20 Å². The van der Waals surface area contributed by atoms with Crippen LogP contribution in [0.4, 0.5) is 0 Å². The smallest absolute Gasteiger partial charge is 0.0664 e. The van der Waals surface area contributed by atoms with Gasteiger partial charge < -0.3 is 4.98 Å². The van der Waals surface area contributed by atoms with E-state index in [1.54, 1.807) is 0 Å². The Morgan fingerprint density at radius 2 is 2.62 bits per heavy atom. The van der Waals surface area contributed by atoms with Crippen molar-refractivity contribution in [1.29, 1.82) is 0 Å². The maximum atomic E-state index is 3.03. The monoisotopic (exact) mass is 104 g/mol. The van der Waals surface area contributed by atoms with Crippen molar-refractivity contribution in [3.05, 3.63) is 29.6 Å². The molecular formula is C7H6N. The third-order valence-electron chi connectivity index (χ3n) is 1.42. The van der Waals surface area contributed by atoms with Crippen LogP contribution in [0.2, 0.25) is 0 Å². The Labute approximate surface area is 48.0 Å². The molecule has 0 atom stereocenters. The first kappa shape index (κ1) is 3.96. The Morgan fingerprint density at radius 1 is 1.62 bits per heavy atom. The largest absolute Gasteiger partial charge is 0.359 e. The highest BCUT2D eigenvalue weighted by atomic mass is 14.6. The van der Waals surface area contributed by atoms with Gasteiger partial charge in [0.05, 0.1) is 6.20 Å². The topological polar surface area (TPSA) is 15.8 Å². The molecule has 0 saturated carbocycles. The SMILES string of the molecule is [c]1[nH]cc2c1CC=C2. The van der Waals surface area contributed by atoms with E-state index in [2.05, 4.69) is 23.3 Å². The van der Waals surface area contributed by atoms with E-state index >= 15 is 0 Å². The summed E-state index contributed by atoms with van der Waals surface area (Å²) in [5.74, 6) is 0. The second kappa shape index (κ2) is 1.25. The standard InChI is InChI=1S/C7H6N/c1-2-6-4-8-5-7(6)3-1/h1-2,4,8H,3H2. The first-order valence-electron chi connectivity index (χ1n) is 2.71. The van der Waals surface area contributed by atoms with Crippen molar-refractivity contribution in [2.45, 2.75) is 6.42 Å². The average Bonchev–Trinajstić information content (AvgIpc) is 2.15. The maximum Gasteiger partial charge on any atom is 0.0664 e. The van der Waals surface area contributed by atoms with Gasteiger partial charge in [0, 0.05) is 6.20 Å². The van der Waals surface area contributed by atoms with Crippen molar-refractivity contribution in [1.82, 2.24) is 4.98 Å². The molecule has 2 rings (SSSR count). The van der Waals surface area contributed by atoms with Gasteiger partial charge in [-0.2, -0.15) is 0 Å². The minimum Gasteiger partial charge on any atom is -0.359 e. The maximum absolute atomic E-state index is 3.03. The summed E-state index contributed by atoms with van der Waals surface area (Å²) in [5, 5.41) is 0. The zero-order chi connectivity index (χ0) is 5.40. The Kier molecular flexibility index (Phi) is 0.618. The fourth-order valence-electron chi connectivity index (χ4n) is 0.982.